The minimum absolute atomic E-state index is 0.0443. The summed E-state index contributed by atoms with van der Waals surface area (Å²) in [6.07, 6.45) is 0.246. The van der Waals surface area contributed by atoms with Crippen LogP contribution in [0.4, 0.5) is 10.5 Å². The van der Waals surface area contributed by atoms with E-state index in [4.69, 9.17) is 27.9 Å². The molecule has 2 amide bonds. The molecule has 1 aromatic rings. The fourth-order valence-electron chi connectivity index (χ4n) is 4.66. The van der Waals surface area contributed by atoms with Crippen molar-refractivity contribution in [3.8, 4) is 0 Å². The van der Waals surface area contributed by atoms with Crippen LogP contribution in [0.5, 0.6) is 0 Å². The van der Waals surface area contributed by atoms with Crippen LogP contribution in [0.1, 0.15) is 27.2 Å². The molecule has 3 heterocycles. The Morgan fingerprint density at radius 3 is 2.39 bits per heavy atom. The van der Waals surface area contributed by atoms with Crippen molar-refractivity contribution >= 4 is 52.7 Å². The van der Waals surface area contributed by atoms with E-state index in [2.05, 4.69) is 9.80 Å². The Morgan fingerprint density at radius 1 is 1.06 bits per heavy atom. The van der Waals surface area contributed by atoms with E-state index in [1.165, 1.54) is 0 Å². The molecule has 3 aliphatic heterocycles. The Kier molecular flexibility index (Phi) is 7.58. The van der Waals surface area contributed by atoms with Crippen molar-refractivity contribution in [2.45, 2.75) is 44.9 Å². The summed E-state index contributed by atoms with van der Waals surface area (Å²) in [6.45, 7) is 10.2. The van der Waals surface area contributed by atoms with Gasteiger partial charge in [-0.05, 0) is 45.4 Å². The average molecular weight is 516 g/mol. The van der Waals surface area contributed by atoms with Crippen LogP contribution in [-0.2, 0) is 9.53 Å². The van der Waals surface area contributed by atoms with E-state index in [1.807, 2.05) is 43.9 Å². The van der Waals surface area contributed by atoms with Gasteiger partial charge in [0.2, 0.25) is 5.91 Å². The third-order valence-electron chi connectivity index (χ3n) is 6.36. The van der Waals surface area contributed by atoms with E-state index in [-0.39, 0.29) is 11.9 Å². The number of likely N-dealkylation sites (tertiary alicyclic amines) is 1. The number of rotatable bonds is 3. The summed E-state index contributed by atoms with van der Waals surface area (Å²) in [5.41, 5.74) is 0.461. The van der Waals surface area contributed by atoms with Crippen LogP contribution in [0.15, 0.2) is 18.2 Å². The highest BCUT2D eigenvalue weighted by atomic mass is 35.5. The van der Waals surface area contributed by atoms with Crippen LogP contribution in [0.3, 0.4) is 0 Å². The Morgan fingerprint density at radius 2 is 1.79 bits per heavy atom. The van der Waals surface area contributed by atoms with Gasteiger partial charge in [0.25, 0.3) is 0 Å². The second-order valence-corrected chi connectivity index (χ2v) is 11.7. The lowest BCUT2D eigenvalue weighted by Gasteiger charge is -2.39. The highest BCUT2D eigenvalue weighted by Gasteiger charge is 2.45. The SMILES string of the molecule is CC(C)(C)OC(=O)N1C[C@@H](N2CCN(c3ccc(Cl)c(Cl)c3)CC2)C[C@H]1C(=O)N1CCSC1. The first-order chi connectivity index (χ1) is 15.6. The highest BCUT2D eigenvalue weighted by Crippen LogP contribution is 2.31. The lowest BCUT2D eigenvalue weighted by atomic mass is 10.1. The molecule has 7 nitrogen and oxygen atoms in total. The van der Waals surface area contributed by atoms with Gasteiger partial charge in [-0.1, -0.05) is 23.2 Å². The molecule has 3 aliphatic rings. The Hall–Kier alpha value is -1.35. The van der Waals surface area contributed by atoms with Crippen LogP contribution in [0.2, 0.25) is 10.0 Å². The van der Waals surface area contributed by atoms with Crippen molar-refractivity contribution in [2.24, 2.45) is 0 Å². The Labute approximate surface area is 210 Å². The molecule has 10 heteroatoms. The summed E-state index contributed by atoms with van der Waals surface area (Å²) in [6, 6.07) is 5.40. The molecule has 0 aromatic heterocycles. The molecule has 0 N–H and O–H groups in total. The first kappa shape index (κ1) is 24.8. The van der Waals surface area contributed by atoms with Crippen molar-refractivity contribution in [1.82, 2.24) is 14.7 Å². The number of carbonyl (C=O) groups is 2. The van der Waals surface area contributed by atoms with Crippen molar-refractivity contribution < 1.29 is 14.3 Å². The van der Waals surface area contributed by atoms with Crippen molar-refractivity contribution in [3.05, 3.63) is 28.2 Å². The summed E-state index contributed by atoms with van der Waals surface area (Å²) in [5.74, 6) is 1.69. The number of hydrogen-bond acceptors (Lipinski definition) is 6. The van der Waals surface area contributed by atoms with Crippen LogP contribution >= 0.6 is 35.0 Å². The van der Waals surface area contributed by atoms with Gasteiger partial charge in [0.15, 0.2) is 0 Å². The fourth-order valence-corrected chi connectivity index (χ4v) is 5.91. The number of anilines is 1. The molecule has 0 aliphatic carbocycles. The van der Waals surface area contributed by atoms with Crippen LogP contribution in [-0.4, -0.2) is 95.3 Å². The van der Waals surface area contributed by atoms with Gasteiger partial charge in [-0.15, -0.1) is 11.8 Å². The highest BCUT2D eigenvalue weighted by molar-refractivity contribution is 7.99. The predicted octanol–water partition coefficient (Wildman–Crippen LogP) is 4.03. The molecule has 1 aromatic carbocycles. The second-order valence-electron chi connectivity index (χ2n) is 9.80. The molecular weight excluding hydrogens is 483 g/mol. The van der Waals surface area contributed by atoms with Gasteiger partial charge < -0.3 is 14.5 Å². The van der Waals surface area contributed by atoms with E-state index < -0.39 is 17.7 Å². The summed E-state index contributed by atoms with van der Waals surface area (Å²) < 4.78 is 5.66. The number of nitrogens with zero attached hydrogens (tertiary/aromatic N) is 4. The van der Waals surface area contributed by atoms with E-state index in [0.29, 0.717) is 28.9 Å². The van der Waals surface area contributed by atoms with Gasteiger partial charge >= 0.3 is 6.09 Å². The maximum Gasteiger partial charge on any atom is 0.411 e. The first-order valence-corrected chi connectivity index (χ1v) is 13.3. The summed E-state index contributed by atoms with van der Waals surface area (Å²) in [4.78, 5) is 34.5. The number of piperazine rings is 1. The number of amides is 2. The maximum atomic E-state index is 13.3. The lowest BCUT2D eigenvalue weighted by Crippen LogP contribution is -2.51. The predicted molar refractivity (Wildman–Crippen MR) is 134 cm³/mol. The van der Waals surface area contributed by atoms with Gasteiger partial charge in [0, 0.05) is 56.8 Å². The van der Waals surface area contributed by atoms with Crippen molar-refractivity contribution in [3.63, 3.8) is 0 Å². The van der Waals surface area contributed by atoms with Crippen LogP contribution in [0, 0.1) is 0 Å². The quantitative estimate of drug-likeness (QED) is 0.606. The molecule has 0 saturated carbocycles. The summed E-state index contributed by atoms with van der Waals surface area (Å²) in [7, 11) is 0. The fraction of sp³-hybridized carbons (Fsp3) is 0.652. The number of hydrogen-bond donors (Lipinski definition) is 0. The molecule has 0 radical (unpaired) electrons. The molecule has 3 saturated heterocycles. The number of halogens is 2. The van der Waals surface area contributed by atoms with Gasteiger partial charge in [-0.25, -0.2) is 4.79 Å². The number of ether oxygens (including phenoxy) is 1. The Bertz CT molecular complexity index is 883. The van der Waals surface area contributed by atoms with E-state index >= 15 is 0 Å². The molecule has 4 rings (SSSR count). The third-order valence-corrected chi connectivity index (χ3v) is 8.06. The smallest absolute Gasteiger partial charge is 0.411 e. The maximum absolute atomic E-state index is 13.3. The molecule has 182 valence electrons. The van der Waals surface area contributed by atoms with E-state index in [1.54, 1.807) is 16.7 Å². The van der Waals surface area contributed by atoms with E-state index in [0.717, 1.165) is 44.2 Å². The number of carbonyl (C=O) groups excluding carboxylic acids is 2. The molecule has 33 heavy (non-hydrogen) atoms. The molecule has 0 bridgehead atoms. The van der Waals surface area contributed by atoms with Gasteiger partial charge in [0.1, 0.15) is 11.6 Å². The van der Waals surface area contributed by atoms with Crippen molar-refractivity contribution in [2.75, 3.05) is 55.8 Å². The standard InChI is InChI=1S/C23H32Cl2N4O3S/c1-23(2,3)32-22(31)29-14-17(13-20(29)21(30)28-10-11-33-15-28)27-8-6-26(7-9-27)16-4-5-18(24)19(25)12-16/h4-5,12,17,20H,6-11,13-15H2,1-3H3/t17-,20-/m0/s1. The molecule has 0 unspecified atom stereocenters. The number of benzene rings is 1. The Balaban J connectivity index is 1.42. The van der Waals surface area contributed by atoms with Gasteiger partial charge in [0.05, 0.1) is 15.9 Å². The monoisotopic (exact) mass is 514 g/mol. The lowest BCUT2D eigenvalue weighted by molar-refractivity contribution is -0.134. The first-order valence-electron chi connectivity index (χ1n) is 11.4. The average Bonchev–Trinajstić information content (AvgIpc) is 3.45. The molecule has 0 spiro atoms. The van der Waals surface area contributed by atoms with Gasteiger partial charge in [-0.3, -0.25) is 14.6 Å². The molecule has 3 fully saturated rings. The summed E-state index contributed by atoms with van der Waals surface area (Å²) in [5, 5.41) is 1.11. The van der Waals surface area contributed by atoms with Crippen LogP contribution < -0.4 is 4.90 Å². The minimum Gasteiger partial charge on any atom is -0.444 e. The third kappa shape index (κ3) is 5.84. The zero-order valence-corrected chi connectivity index (χ0v) is 21.8. The van der Waals surface area contributed by atoms with Gasteiger partial charge in [-0.2, -0.15) is 0 Å². The topological polar surface area (TPSA) is 56.3 Å². The zero-order chi connectivity index (χ0) is 23.8. The number of thioether (sulfide) groups is 1. The molecular formula is C23H32Cl2N4O3S. The summed E-state index contributed by atoms with van der Waals surface area (Å²) >= 11 is 14.0. The van der Waals surface area contributed by atoms with E-state index in [9.17, 15) is 9.59 Å². The largest absolute Gasteiger partial charge is 0.444 e. The molecule has 2 atom stereocenters. The van der Waals surface area contributed by atoms with Crippen molar-refractivity contribution in [1.29, 1.82) is 0 Å². The second kappa shape index (κ2) is 10.1. The normalized spacial score (nSPS) is 24.5. The van der Waals surface area contributed by atoms with Crippen LogP contribution in [0.25, 0.3) is 0 Å². The minimum atomic E-state index is -0.599. The zero-order valence-electron chi connectivity index (χ0n) is 19.4.